The first-order valence-corrected chi connectivity index (χ1v) is 11.4. The van der Waals surface area contributed by atoms with Crippen LogP contribution in [0, 0.1) is 6.92 Å². The van der Waals surface area contributed by atoms with Crippen LogP contribution in [0.25, 0.3) is 10.2 Å². The average molecular weight is 429 g/mol. The van der Waals surface area contributed by atoms with Crippen LogP contribution in [0.4, 0.5) is 0 Å². The van der Waals surface area contributed by atoms with Crippen molar-refractivity contribution >= 4 is 37.5 Å². The van der Waals surface area contributed by atoms with Crippen molar-refractivity contribution in [1.29, 1.82) is 0 Å². The number of carbonyl (C=O) groups excluding carboxylic acids is 1. The summed E-state index contributed by atoms with van der Waals surface area (Å²) in [7, 11) is -2.26. The quantitative estimate of drug-likeness (QED) is 0.650. The highest BCUT2D eigenvalue weighted by molar-refractivity contribution is 7.89. The second-order valence-electron chi connectivity index (χ2n) is 6.65. The molecule has 2 aromatic rings. The van der Waals surface area contributed by atoms with Gasteiger partial charge >= 0.3 is 0 Å². The van der Waals surface area contributed by atoms with Crippen molar-refractivity contribution in [3.63, 3.8) is 0 Å². The maximum absolute atomic E-state index is 13.2. The number of nitrogens with one attached hydrogen (secondary N) is 1. The highest BCUT2D eigenvalue weighted by atomic mass is 32.2. The van der Waals surface area contributed by atoms with Gasteiger partial charge in [-0.25, -0.2) is 13.4 Å². The number of methoxy groups -OCH3 is 1. The summed E-state index contributed by atoms with van der Waals surface area (Å²) in [5.41, 5.74) is -0.521. The van der Waals surface area contributed by atoms with Crippen LogP contribution in [0.15, 0.2) is 16.0 Å². The standard InChI is InChI=1S/C17H24N4O5S2/c1-12-15(28(24,25)21-7-4-3-5-8-21)14-16(27-12)19-11-20(17(14)23)10-13(22)18-6-9-26-2/h11H,3-10H2,1-2H3,(H,18,22). The van der Waals surface area contributed by atoms with Gasteiger partial charge in [-0.15, -0.1) is 11.3 Å². The van der Waals surface area contributed by atoms with Crippen molar-refractivity contribution in [3.05, 3.63) is 21.6 Å². The van der Waals surface area contributed by atoms with Crippen LogP contribution in [0.2, 0.25) is 0 Å². The topological polar surface area (TPSA) is 111 Å². The molecule has 2 aromatic heterocycles. The van der Waals surface area contributed by atoms with Crippen LogP contribution in [0.1, 0.15) is 24.1 Å². The van der Waals surface area contributed by atoms with E-state index in [9.17, 15) is 18.0 Å². The maximum Gasteiger partial charge on any atom is 0.263 e. The normalized spacial score (nSPS) is 15.8. The Balaban J connectivity index is 1.99. The fourth-order valence-corrected chi connectivity index (χ4v) is 6.46. The summed E-state index contributed by atoms with van der Waals surface area (Å²) < 4.78 is 33.9. The Kier molecular flexibility index (Phi) is 6.48. The minimum absolute atomic E-state index is 0.0287. The molecule has 0 saturated carbocycles. The highest BCUT2D eigenvalue weighted by Gasteiger charge is 2.32. The Morgan fingerprint density at radius 3 is 2.71 bits per heavy atom. The molecule has 28 heavy (non-hydrogen) atoms. The zero-order valence-electron chi connectivity index (χ0n) is 15.9. The Labute approximate surface area is 167 Å². The summed E-state index contributed by atoms with van der Waals surface area (Å²) in [5.74, 6) is -0.368. The molecule has 0 aliphatic carbocycles. The van der Waals surface area contributed by atoms with Gasteiger partial charge in [-0.3, -0.25) is 14.2 Å². The maximum atomic E-state index is 13.2. The van der Waals surface area contributed by atoms with E-state index in [1.165, 1.54) is 29.1 Å². The fraction of sp³-hybridized carbons (Fsp3) is 0.588. The van der Waals surface area contributed by atoms with E-state index in [-0.39, 0.29) is 22.7 Å². The largest absolute Gasteiger partial charge is 0.383 e. The number of amides is 1. The van der Waals surface area contributed by atoms with E-state index in [1.54, 1.807) is 6.92 Å². The van der Waals surface area contributed by atoms with Crippen LogP contribution in [0.3, 0.4) is 0 Å². The zero-order valence-corrected chi connectivity index (χ0v) is 17.6. The van der Waals surface area contributed by atoms with Crippen LogP contribution in [-0.2, 0) is 26.1 Å². The van der Waals surface area contributed by atoms with Gasteiger partial charge in [0, 0.05) is 31.6 Å². The number of hydrogen-bond acceptors (Lipinski definition) is 7. The van der Waals surface area contributed by atoms with Crippen molar-refractivity contribution in [2.45, 2.75) is 37.6 Å². The number of thiophene rings is 1. The summed E-state index contributed by atoms with van der Waals surface area (Å²) >= 11 is 1.18. The Morgan fingerprint density at radius 2 is 2.04 bits per heavy atom. The molecular weight excluding hydrogens is 404 g/mol. The van der Waals surface area contributed by atoms with Gasteiger partial charge in [0.15, 0.2) is 0 Å². The van der Waals surface area contributed by atoms with Gasteiger partial charge in [-0.05, 0) is 19.8 Å². The van der Waals surface area contributed by atoms with Gasteiger partial charge in [0.25, 0.3) is 5.56 Å². The third kappa shape index (κ3) is 4.12. The van der Waals surface area contributed by atoms with Crippen molar-refractivity contribution < 1.29 is 17.9 Å². The number of aromatic nitrogens is 2. The number of carbonyl (C=O) groups is 1. The zero-order chi connectivity index (χ0) is 20.3. The average Bonchev–Trinajstić information content (AvgIpc) is 3.02. The van der Waals surface area contributed by atoms with E-state index in [0.29, 0.717) is 35.9 Å². The molecule has 9 nitrogen and oxygen atoms in total. The molecule has 0 spiro atoms. The monoisotopic (exact) mass is 428 g/mol. The number of ether oxygens (including phenoxy) is 1. The second-order valence-corrected chi connectivity index (χ2v) is 9.73. The molecule has 3 heterocycles. The van der Waals surface area contributed by atoms with E-state index in [4.69, 9.17) is 4.74 Å². The first-order chi connectivity index (χ1) is 13.4. The minimum atomic E-state index is -3.79. The van der Waals surface area contributed by atoms with Crippen molar-refractivity contribution in [1.82, 2.24) is 19.2 Å². The fourth-order valence-electron chi connectivity index (χ4n) is 3.27. The van der Waals surface area contributed by atoms with Gasteiger partial charge in [0.1, 0.15) is 16.3 Å². The molecule has 1 amide bonds. The lowest BCUT2D eigenvalue weighted by Crippen LogP contribution is -2.37. The summed E-state index contributed by atoms with van der Waals surface area (Å²) in [6.45, 7) is 3.05. The first kappa shape index (κ1) is 20.9. The molecule has 1 aliphatic rings. The van der Waals surface area contributed by atoms with E-state index in [2.05, 4.69) is 10.3 Å². The van der Waals surface area contributed by atoms with E-state index < -0.39 is 15.6 Å². The summed E-state index contributed by atoms with van der Waals surface area (Å²) in [6, 6.07) is 0. The van der Waals surface area contributed by atoms with Gasteiger partial charge in [0.2, 0.25) is 15.9 Å². The number of sulfonamides is 1. The smallest absolute Gasteiger partial charge is 0.263 e. The lowest BCUT2D eigenvalue weighted by atomic mass is 10.2. The van der Waals surface area contributed by atoms with Gasteiger partial charge in [0.05, 0.1) is 18.3 Å². The molecule has 1 aliphatic heterocycles. The second kappa shape index (κ2) is 8.68. The van der Waals surface area contributed by atoms with Gasteiger partial charge in [-0.1, -0.05) is 6.42 Å². The molecule has 0 aromatic carbocycles. The third-order valence-electron chi connectivity index (χ3n) is 4.65. The van der Waals surface area contributed by atoms with Gasteiger partial charge in [-0.2, -0.15) is 4.31 Å². The molecule has 1 saturated heterocycles. The molecule has 0 unspecified atom stereocenters. The van der Waals surface area contributed by atoms with Crippen LogP contribution in [-0.4, -0.2) is 61.5 Å². The number of nitrogens with zero attached hydrogens (tertiary/aromatic N) is 3. The third-order valence-corrected chi connectivity index (χ3v) is 7.87. The van der Waals surface area contributed by atoms with E-state index >= 15 is 0 Å². The van der Waals surface area contributed by atoms with E-state index in [0.717, 1.165) is 23.8 Å². The predicted octanol–water partition coefficient (Wildman–Crippen LogP) is 0.704. The van der Waals surface area contributed by atoms with Crippen molar-refractivity contribution in [2.24, 2.45) is 0 Å². The predicted molar refractivity (Wildman–Crippen MR) is 106 cm³/mol. The number of aryl methyl sites for hydroxylation is 1. The van der Waals surface area contributed by atoms with E-state index in [1.807, 2.05) is 0 Å². The lowest BCUT2D eigenvalue weighted by molar-refractivity contribution is -0.121. The highest BCUT2D eigenvalue weighted by Crippen LogP contribution is 2.33. The lowest BCUT2D eigenvalue weighted by Gasteiger charge is -2.25. The minimum Gasteiger partial charge on any atom is -0.383 e. The Bertz CT molecular complexity index is 1020. The van der Waals surface area contributed by atoms with Crippen molar-refractivity contribution in [2.75, 3.05) is 33.4 Å². The summed E-state index contributed by atoms with van der Waals surface area (Å²) in [4.78, 5) is 30.2. The number of rotatable bonds is 7. The van der Waals surface area contributed by atoms with Crippen LogP contribution >= 0.6 is 11.3 Å². The SMILES string of the molecule is COCCNC(=O)Cn1cnc2sc(C)c(S(=O)(=O)N3CCCCC3)c2c1=O. The molecule has 1 fully saturated rings. The number of piperidine rings is 1. The molecule has 11 heteroatoms. The number of fused-ring (bicyclic) bond motifs is 1. The van der Waals surface area contributed by atoms with Crippen LogP contribution < -0.4 is 10.9 Å². The van der Waals surface area contributed by atoms with Crippen molar-refractivity contribution in [3.8, 4) is 0 Å². The molecule has 0 radical (unpaired) electrons. The Morgan fingerprint density at radius 1 is 1.32 bits per heavy atom. The molecule has 3 rings (SSSR count). The summed E-state index contributed by atoms with van der Waals surface area (Å²) in [6.07, 6.45) is 3.91. The molecule has 0 atom stereocenters. The molecule has 154 valence electrons. The molecule has 1 N–H and O–H groups in total. The number of hydrogen-bond donors (Lipinski definition) is 1. The first-order valence-electron chi connectivity index (χ1n) is 9.10. The molecule has 0 bridgehead atoms. The van der Waals surface area contributed by atoms with Gasteiger partial charge < -0.3 is 10.1 Å². The Hall–Kier alpha value is -1.82. The summed E-state index contributed by atoms with van der Waals surface area (Å²) in [5, 5.41) is 2.70. The molecular formula is C17H24N4O5S2. The van der Waals surface area contributed by atoms with Crippen LogP contribution in [0.5, 0.6) is 0 Å².